The van der Waals surface area contributed by atoms with Crippen molar-refractivity contribution in [2.45, 2.75) is 71.6 Å². The van der Waals surface area contributed by atoms with Gasteiger partial charge in [0.15, 0.2) is 0 Å². The monoisotopic (exact) mass is 348 g/mol. The number of fused-ring (bicyclic) bond motifs is 1. The molecule has 3 rings (SSSR count). The van der Waals surface area contributed by atoms with Crippen molar-refractivity contribution in [3.63, 3.8) is 0 Å². The zero-order valence-corrected chi connectivity index (χ0v) is 15.7. The third-order valence-corrected chi connectivity index (χ3v) is 6.14. The van der Waals surface area contributed by atoms with E-state index >= 15 is 0 Å². The molecule has 2 heterocycles. The second-order valence-electron chi connectivity index (χ2n) is 7.06. The Morgan fingerprint density at radius 3 is 2.62 bits per heavy atom. The Labute approximate surface area is 147 Å². The summed E-state index contributed by atoms with van der Waals surface area (Å²) in [5.41, 5.74) is 7.40. The first-order valence-electron chi connectivity index (χ1n) is 8.90. The Balaban J connectivity index is 1.87. The molecule has 1 atom stereocenters. The summed E-state index contributed by atoms with van der Waals surface area (Å²) >= 11 is 1.68. The predicted octanol–water partition coefficient (Wildman–Crippen LogP) is 3.41. The van der Waals surface area contributed by atoms with Crippen LogP contribution in [0.4, 0.5) is 5.82 Å². The molecule has 0 saturated heterocycles. The maximum Gasteiger partial charge on any atom is 0.146 e. The number of thiophene rings is 1. The largest absolute Gasteiger partial charge is 0.392 e. The molecule has 1 fully saturated rings. The quantitative estimate of drug-likeness (QED) is 0.866. The summed E-state index contributed by atoms with van der Waals surface area (Å²) in [6, 6.07) is 0.515. The van der Waals surface area contributed by atoms with E-state index in [9.17, 15) is 5.11 Å². The van der Waals surface area contributed by atoms with Crippen LogP contribution >= 0.6 is 11.3 Å². The van der Waals surface area contributed by atoms with Gasteiger partial charge in [0, 0.05) is 17.5 Å². The van der Waals surface area contributed by atoms with Crippen LogP contribution in [-0.4, -0.2) is 38.7 Å². The molecule has 132 valence electrons. The van der Waals surface area contributed by atoms with Crippen molar-refractivity contribution in [3.05, 3.63) is 16.3 Å². The van der Waals surface area contributed by atoms with Crippen LogP contribution in [0.3, 0.4) is 0 Å². The lowest BCUT2D eigenvalue weighted by Crippen LogP contribution is -2.40. The number of nitrogens with two attached hydrogens (primary N) is 1. The van der Waals surface area contributed by atoms with Crippen LogP contribution in [0.5, 0.6) is 0 Å². The first-order valence-corrected chi connectivity index (χ1v) is 9.71. The van der Waals surface area contributed by atoms with Crippen molar-refractivity contribution in [2.75, 3.05) is 12.3 Å². The van der Waals surface area contributed by atoms with Gasteiger partial charge in [-0.2, -0.15) is 0 Å². The van der Waals surface area contributed by atoms with E-state index in [1.54, 1.807) is 11.3 Å². The first kappa shape index (κ1) is 17.6. The number of aliphatic hydroxyl groups excluding tert-OH is 1. The van der Waals surface area contributed by atoms with Gasteiger partial charge < -0.3 is 10.8 Å². The normalized spacial score (nSPS) is 17.7. The Bertz CT molecular complexity index is 707. The van der Waals surface area contributed by atoms with Gasteiger partial charge >= 0.3 is 0 Å². The molecule has 0 radical (unpaired) electrons. The molecule has 2 aromatic rings. The molecular formula is C18H28N4OS. The molecule has 1 aliphatic carbocycles. The minimum absolute atomic E-state index is 0.348. The van der Waals surface area contributed by atoms with E-state index in [1.165, 1.54) is 42.5 Å². The molecule has 0 amide bonds. The van der Waals surface area contributed by atoms with Crippen LogP contribution in [0.15, 0.2) is 0 Å². The fourth-order valence-corrected chi connectivity index (χ4v) is 4.76. The molecule has 2 aromatic heterocycles. The number of hydrogen-bond donors (Lipinski definition) is 2. The zero-order valence-electron chi connectivity index (χ0n) is 14.9. The summed E-state index contributed by atoms with van der Waals surface area (Å²) in [7, 11) is 0. The molecule has 3 N–H and O–H groups in total. The molecule has 6 heteroatoms. The minimum atomic E-state index is -0.348. The van der Waals surface area contributed by atoms with Gasteiger partial charge in [-0.1, -0.05) is 19.3 Å². The highest BCUT2D eigenvalue weighted by molar-refractivity contribution is 7.18. The second kappa shape index (κ2) is 7.33. The van der Waals surface area contributed by atoms with Gasteiger partial charge in [-0.25, -0.2) is 9.97 Å². The van der Waals surface area contributed by atoms with Crippen molar-refractivity contribution in [1.29, 1.82) is 0 Å². The highest BCUT2D eigenvalue weighted by Gasteiger charge is 2.24. The van der Waals surface area contributed by atoms with E-state index in [1.807, 2.05) is 6.92 Å². The first-order chi connectivity index (χ1) is 11.5. The van der Waals surface area contributed by atoms with Gasteiger partial charge in [-0.15, -0.1) is 11.3 Å². The lowest BCUT2D eigenvalue weighted by atomic mass is 9.94. The molecule has 5 nitrogen and oxygen atoms in total. The van der Waals surface area contributed by atoms with Gasteiger partial charge in [-0.3, -0.25) is 4.90 Å². The average Bonchev–Trinajstić information content (AvgIpc) is 2.82. The molecule has 24 heavy (non-hydrogen) atoms. The molecule has 1 aliphatic rings. The standard InChI is InChI=1S/C18H28N4OS/c1-11(23)9-22(14-7-5-4-6-8-14)10-15-20-17(19)16-12(2)13(3)24-18(16)21-15/h11,14,23H,4-10H2,1-3H3,(H2,19,20,21). The molecule has 0 spiro atoms. The summed E-state index contributed by atoms with van der Waals surface area (Å²) in [5, 5.41) is 10.9. The molecule has 0 aliphatic heterocycles. The van der Waals surface area contributed by atoms with Gasteiger partial charge in [0.2, 0.25) is 0 Å². The number of aromatic nitrogens is 2. The summed E-state index contributed by atoms with van der Waals surface area (Å²) in [5.74, 6) is 1.35. The number of aryl methyl sites for hydroxylation is 2. The summed E-state index contributed by atoms with van der Waals surface area (Å²) in [6.07, 6.45) is 5.91. The Kier molecular flexibility index (Phi) is 5.37. The van der Waals surface area contributed by atoms with Gasteiger partial charge in [0.25, 0.3) is 0 Å². The summed E-state index contributed by atoms with van der Waals surface area (Å²) < 4.78 is 0. The van der Waals surface area contributed by atoms with E-state index in [4.69, 9.17) is 10.7 Å². The fourth-order valence-electron chi connectivity index (χ4n) is 3.71. The predicted molar refractivity (Wildman–Crippen MR) is 100 cm³/mol. The Morgan fingerprint density at radius 1 is 1.25 bits per heavy atom. The fraction of sp³-hybridized carbons (Fsp3) is 0.667. The molecular weight excluding hydrogens is 320 g/mol. The van der Waals surface area contributed by atoms with E-state index in [0.717, 1.165) is 16.0 Å². The van der Waals surface area contributed by atoms with Crippen molar-refractivity contribution in [3.8, 4) is 0 Å². The van der Waals surface area contributed by atoms with Crippen molar-refractivity contribution in [2.24, 2.45) is 0 Å². The van der Waals surface area contributed by atoms with E-state index < -0.39 is 0 Å². The van der Waals surface area contributed by atoms with Crippen molar-refractivity contribution >= 4 is 27.4 Å². The highest BCUT2D eigenvalue weighted by Crippen LogP contribution is 2.32. The number of rotatable bonds is 5. The smallest absolute Gasteiger partial charge is 0.146 e. The van der Waals surface area contributed by atoms with Crippen LogP contribution in [0, 0.1) is 13.8 Å². The summed E-state index contributed by atoms with van der Waals surface area (Å²) in [6.45, 7) is 7.35. The van der Waals surface area contributed by atoms with E-state index in [2.05, 4.69) is 23.7 Å². The third-order valence-electron chi connectivity index (χ3n) is 5.04. The van der Waals surface area contributed by atoms with Crippen molar-refractivity contribution < 1.29 is 5.11 Å². The van der Waals surface area contributed by atoms with Crippen LogP contribution < -0.4 is 5.73 Å². The van der Waals surface area contributed by atoms with Crippen LogP contribution in [0.1, 0.15) is 55.3 Å². The van der Waals surface area contributed by atoms with Crippen LogP contribution in [0.2, 0.25) is 0 Å². The molecule has 0 bridgehead atoms. The maximum atomic E-state index is 9.89. The minimum Gasteiger partial charge on any atom is -0.392 e. The molecule has 1 unspecified atom stereocenters. The number of hydrogen-bond acceptors (Lipinski definition) is 6. The van der Waals surface area contributed by atoms with Crippen molar-refractivity contribution in [1.82, 2.24) is 14.9 Å². The Morgan fingerprint density at radius 2 is 1.96 bits per heavy atom. The highest BCUT2D eigenvalue weighted by atomic mass is 32.1. The molecule has 1 saturated carbocycles. The average molecular weight is 349 g/mol. The lowest BCUT2D eigenvalue weighted by Gasteiger charge is -2.34. The van der Waals surface area contributed by atoms with Gasteiger partial charge in [0.05, 0.1) is 18.0 Å². The van der Waals surface area contributed by atoms with Gasteiger partial charge in [0.1, 0.15) is 16.5 Å². The van der Waals surface area contributed by atoms with E-state index in [0.29, 0.717) is 24.9 Å². The number of nitrogen functional groups attached to an aromatic ring is 1. The number of anilines is 1. The third kappa shape index (κ3) is 3.71. The maximum absolute atomic E-state index is 9.89. The number of nitrogens with zero attached hydrogens (tertiary/aromatic N) is 3. The molecule has 0 aromatic carbocycles. The van der Waals surface area contributed by atoms with Gasteiger partial charge in [-0.05, 0) is 39.2 Å². The van der Waals surface area contributed by atoms with Crippen LogP contribution in [-0.2, 0) is 6.54 Å². The Hall–Kier alpha value is -1.24. The lowest BCUT2D eigenvalue weighted by molar-refractivity contribution is 0.0751. The topological polar surface area (TPSA) is 75.3 Å². The van der Waals surface area contributed by atoms with Crippen LogP contribution in [0.25, 0.3) is 10.2 Å². The SMILES string of the molecule is Cc1sc2nc(CN(CC(C)O)C3CCCCC3)nc(N)c2c1C. The summed E-state index contributed by atoms with van der Waals surface area (Å²) in [4.78, 5) is 13.9. The second-order valence-corrected chi connectivity index (χ2v) is 8.26. The zero-order chi connectivity index (χ0) is 17.3. The number of aliphatic hydroxyl groups is 1. The van der Waals surface area contributed by atoms with E-state index in [-0.39, 0.29) is 6.10 Å².